The van der Waals surface area contributed by atoms with Crippen molar-refractivity contribution < 1.29 is 0 Å². The Bertz CT molecular complexity index is 341. The SMILES string of the molecule is CCCN(CCC)CCNc1ccc(C)cc1C. The molecule has 0 fully saturated rings. The van der Waals surface area contributed by atoms with Gasteiger partial charge in [-0.05, 0) is 51.4 Å². The molecule has 1 aromatic rings. The largest absolute Gasteiger partial charge is 0.384 e. The molecule has 0 bridgehead atoms. The fraction of sp³-hybridized carbons (Fsp3) is 0.625. The van der Waals surface area contributed by atoms with E-state index in [1.54, 1.807) is 0 Å². The van der Waals surface area contributed by atoms with Crippen molar-refractivity contribution in [3.8, 4) is 0 Å². The van der Waals surface area contributed by atoms with Crippen LogP contribution in [0.3, 0.4) is 0 Å². The van der Waals surface area contributed by atoms with Crippen molar-refractivity contribution >= 4 is 5.69 Å². The first kappa shape index (κ1) is 15.0. The van der Waals surface area contributed by atoms with E-state index in [-0.39, 0.29) is 0 Å². The number of anilines is 1. The second-order valence-electron chi connectivity index (χ2n) is 5.09. The minimum absolute atomic E-state index is 1.03. The smallest absolute Gasteiger partial charge is 0.0370 e. The zero-order valence-electron chi connectivity index (χ0n) is 12.4. The van der Waals surface area contributed by atoms with E-state index in [1.807, 2.05) is 0 Å². The maximum absolute atomic E-state index is 3.55. The van der Waals surface area contributed by atoms with Crippen LogP contribution in [0.1, 0.15) is 37.8 Å². The van der Waals surface area contributed by atoms with Crippen molar-refractivity contribution in [1.82, 2.24) is 4.90 Å². The number of rotatable bonds is 8. The molecule has 18 heavy (non-hydrogen) atoms. The standard InChI is InChI=1S/C16H28N2/c1-5-10-18(11-6-2)12-9-17-16-8-7-14(3)13-15(16)4/h7-8,13,17H,5-6,9-12H2,1-4H3. The summed E-state index contributed by atoms with van der Waals surface area (Å²) in [5, 5.41) is 3.55. The zero-order valence-corrected chi connectivity index (χ0v) is 12.4. The van der Waals surface area contributed by atoms with Gasteiger partial charge in [0.15, 0.2) is 0 Å². The second kappa shape index (κ2) is 8.15. The fourth-order valence-electron chi connectivity index (χ4n) is 2.33. The van der Waals surface area contributed by atoms with Gasteiger partial charge in [-0.15, -0.1) is 0 Å². The van der Waals surface area contributed by atoms with Crippen molar-refractivity contribution in [3.05, 3.63) is 29.3 Å². The highest BCUT2D eigenvalue weighted by Crippen LogP contribution is 2.15. The van der Waals surface area contributed by atoms with Crippen LogP contribution in [0.25, 0.3) is 0 Å². The van der Waals surface area contributed by atoms with Crippen LogP contribution in [0, 0.1) is 13.8 Å². The second-order valence-corrected chi connectivity index (χ2v) is 5.09. The molecule has 102 valence electrons. The summed E-state index contributed by atoms with van der Waals surface area (Å²) in [4.78, 5) is 2.54. The third-order valence-corrected chi connectivity index (χ3v) is 3.21. The average molecular weight is 248 g/mol. The average Bonchev–Trinajstić information content (AvgIpc) is 2.32. The molecule has 0 radical (unpaired) electrons. The van der Waals surface area contributed by atoms with Gasteiger partial charge in [-0.3, -0.25) is 0 Å². The zero-order chi connectivity index (χ0) is 13.4. The molecule has 0 unspecified atom stereocenters. The Morgan fingerprint density at radius 1 is 1.00 bits per heavy atom. The predicted molar refractivity (Wildman–Crippen MR) is 81.4 cm³/mol. The van der Waals surface area contributed by atoms with Crippen LogP contribution >= 0.6 is 0 Å². The summed E-state index contributed by atoms with van der Waals surface area (Å²) < 4.78 is 0. The Kier molecular flexibility index (Phi) is 6.81. The summed E-state index contributed by atoms with van der Waals surface area (Å²) in [5.41, 5.74) is 3.94. The highest BCUT2D eigenvalue weighted by molar-refractivity contribution is 5.51. The van der Waals surface area contributed by atoms with Crippen LogP contribution in [-0.2, 0) is 0 Å². The van der Waals surface area contributed by atoms with Gasteiger partial charge in [0, 0.05) is 18.8 Å². The number of hydrogen-bond donors (Lipinski definition) is 1. The highest BCUT2D eigenvalue weighted by atomic mass is 15.1. The lowest BCUT2D eigenvalue weighted by Gasteiger charge is -2.21. The number of nitrogens with zero attached hydrogens (tertiary/aromatic N) is 1. The molecule has 0 aliphatic rings. The number of benzene rings is 1. The number of aryl methyl sites for hydroxylation is 2. The predicted octanol–water partition coefficient (Wildman–Crippen LogP) is 3.84. The molecule has 0 aromatic heterocycles. The highest BCUT2D eigenvalue weighted by Gasteiger charge is 2.02. The van der Waals surface area contributed by atoms with Gasteiger partial charge in [0.25, 0.3) is 0 Å². The quantitative estimate of drug-likeness (QED) is 0.752. The summed E-state index contributed by atoms with van der Waals surface area (Å²) >= 11 is 0. The van der Waals surface area contributed by atoms with E-state index >= 15 is 0 Å². The lowest BCUT2D eigenvalue weighted by atomic mass is 10.1. The maximum atomic E-state index is 3.55. The molecular weight excluding hydrogens is 220 g/mol. The first-order valence-electron chi connectivity index (χ1n) is 7.20. The Labute approximate surface area is 112 Å². The molecule has 0 saturated carbocycles. The van der Waals surface area contributed by atoms with E-state index in [0.717, 1.165) is 13.1 Å². The van der Waals surface area contributed by atoms with Crippen LogP contribution in [0.15, 0.2) is 18.2 Å². The minimum Gasteiger partial charge on any atom is -0.384 e. The molecule has 0 aliphatic carbocycles. The van der Waals surface area contributed by atoms with Gasteiger partial charge in [-0.2, -0.15) is 0 Å². The molecular formula is C16H28N2. The summed E-state index contributed by atoms with van der Waals surface area (Å²) in [5.74, 6) is 0. The summed E-state index contributed by atoms with van der Waals surface area (Å²) in [7, 11) is 0. The van der Waals surface area contributed by atoms with Gasteiger partial charge >= 0.3 is 0 Å². The van der Waals surface area contributed by atoms with E-state index in [0.29, 0.717) is 0 Å². The van der Waals surface area contributed by atoms with Gasteiger partial charge in [0.2, 0.25) is 0 Å². The van der Waals surface area contributed by atoms with Gasteiger partial charge in [0.1, 0.15) is 0 Å². The van der Waals surface area contributed by atoms with Gasteiger partial charge in [0.05, 0.1) is 0 Å². The van der Waals surface area contributed by atoms with E-state index in [1.165, 1.54) is 42.7 Å². The van der Waals surface area contributed by atoms with Crippen LogP contribution in [-0.4, -0.2) is 31.1 Å². The molecule has 1 aromatic carbocycles. The van der Waals surface area contributed by atoms with Crippen LogP contribution < -0.4 is 5.32 Å². The summed E-state index contributed by atoms with van der Waals surface area (Å²) in [6, 6.07) is 6.60. The van der Waals surface area contributed by atoms with Crippen LogP contribution in [0.2, 0.25) is 0 Å². The Balaban J connectivity index is 2.39. The molecule has 0 heterocycles. The third kappa shape index (κ3) is 5.09. The molecule has 2 nitrogen and oxygen atoms in total. The third-order valence-electron chi connectivity index (χ3n) is 3.21. The summed E-state index contributed by atoms with van der Waals surface area (Å²) in [6.07, 6.45) is 2.48. The van der Waals surface area contributed by atoms with Gasteiger partial charge in [-0.25, -0.2) is 0 Å². The Hall–Kier alpha value is -1.02. The Morgan fingerprint density at radius 3 is 2.22 bits per heavy atom. The lowest BCUT2D eigenvalue weighted by molar-refractivity contribution is 0.285. The normalized spacial score (nSPS) is 10.9. The van der Waals surface area contributed by atoms with E-state index in [2.05, 4.69) is 56.1 Å². The topological polar surface area (TPSA) is 15.3 Å². The molecule has 0 aliphatic heterocycles. The molecule has 1 N–H and O–H groups in total. The minimum atomic E-state index is 1.03. The summed E-state index contributed by atoms with van der Waals surface area (Å²) in [6.45, 7) is 13.4. The number of hydrogen-bond acceptors (Lipinski definition) is 2. The molecule has 2 heteroatoms. The van der Waals surface area contributed by atoms with E-state index in [9.17, 15) is 0 Å². The molecule has 0 atom stereocenters. The Morgan fingerprint density at radius 2 is 1.67 bits per heavy atom. The van der Waals surface area contributed by atoms with E-state index in [4.69, 9.17) is 0 Å². The van der Waals surface area contributed by atoms with E-state index < -0.39 is 0 Å². The lowest BCUT2D eigenvalue weighted by Crippen LogP contribution is -2.30. The van der Waals surface area contributed by atoms with Crippen LogP contribution in [0.4, 0.5) is 5.69 Å². The maximum Gasteiger partial charge on any atom is 0.0370 e. The van der Waals surface area contributed by atoms with Crippen molar-refractivity contribution in [2.24, 2.45) is 0 Å². The fourth-order valence-corrected chi connectivity index (χ4v) is 2.33. The van der Waals surface area contributed by atoms with Crippen molar-refractivity contribution in [2.75, 3.05) is 31.5 Å². The monoisotopic (exact) mass is 248 g/mol. The van der Waals surface area contributed by atoms with Crippen LogP contribution in [0.5, 0.6) is 0 Å². The first-order chi connectivity index (χ1) is 8.67. The van der Waals surface area contributed by atoms with Crippen molar-refractivity contribution in [2.45, 2.75) is 40.5 Å². The molecule has 0 saturated heterocycles. The van der Waals surface area contributed by atoms with Gasteiger partial charge < -0.3 is 10.2 Å². The molecule has 0 spiro atoms. The van der Waals surface area contributed by atoms with Gasteiger partial charge in [-0.1, -0.05) is 31.5 Å². The molecule has 0 amide bonds. The number of nitrogens with one attached hydrogen (secondary N) is 1. The molecule has 1 rings (SSSR count). The van der Waals surface area contributed by atoms with Crippen molar-refractivity contribution in [3.63, 3.8) is 0 Å². The first-order valence-corrected chi connectivity index (χ1v) is 7.20. The van der Waals surface area contributed by atoms with Crippen molar-refractivity contribution in [1.29, 1.82) is 0 Å².